The van der Waals surface area contributed by atoms with Crippen molar-refractivity contribution < 1.29 is 0 Å². The van der Waals surface area contributed by atoms with Crippen molar-refractivity contribution in [1.82, 2.24) is 4.90 Å². The monoisotopic (exact) mass is 242 g/mol. The first-order chi connectivity index (χ1) is 8.81. The molecule has 0 spiro atoms. The zero-order chi connectivity index (χ0) is 12.8. The molecular weight excluding hydrogens is 220 g/mol. The lowest BCUT2D eigenvalue weighted by atomic mass is 10.00. The van der Waals surface area contributed by atoms with Gasteiger partial charge in [0.05, 0.1) is 12.3 Å². The molecule has 0 N–H and O–H groups in total. The summed E-state index contributed by atoms with van der Waals surface area (Å²) in [7, 11) is 2.17. The molecule has 0 amide bonds. The van der Waals surface area contributed by atoms with Crippen LogP contribution in [0.15, 0.2) is 28.3 Å². The van der Waals surface area contributed by atoms with Gasteiger partial charge in [0.15, 0.2) is 0 Å². The third kappa shape index (κ3) is 3.34. The SMILES string of the molecule is CCCCC#CC1=CCN=C1C1=CCCN(C)C1. The zero-order valence-electron chi connectivity index (χ0n) is 11.5. The molecule has 2 aliphatic heterocycles. The van der Waals surface area contributed by atoms with Gasteiger partial charge < -0.3 is 4.90 Å². The first-order valence-electron chi connectivity index (χ1n) is 6.93. The lowest BCUT2D eigenvalue weighted by Gasteiger charge is -2.23. The van der Waals surface area contributed by atoms with Gasteiger partial charge in [-0.1, -0.05) is 31.3 Å². The predicted molar refractivity (Wildman–Crippen MR) is 77.9 cm³/mol. The fraction of sp³-hybridized carbons (Fsp3) is 0.562. The summed E-state index contributed by atoms with van der Waals surface area (Å²) in [6.07, 6.45) is 9.01. The van der Waals surface area contributed by atoms with Crippen LogP contribution in [-0.2, 0) is 0 Å². The Kier molecular flexibility index (Phi) is 4.78. The van der Waals surface area contributed by atoms with Crippen LogP contribution in [0.4, 0.5) is 0 Å². The molecule has 0 aromatic heterocycles. The maximum absolute atomic E-state index is 4.60. The van der Waals surface area contributed by atoms with Crippen molar-refractivity contribution in [3.8, 4) is 11.8 Å². The number of allylic oxidation sites excluding steroid dienone is 1. The van der Waals surface area contributed by atoms with E-state index in [9.17, 15) is 0 Å². The molecule has 0 bridgehead atoms. The van der Waals surface area contributed by atoms with E-state index in [0.717, 1.165) is 43.8 Å². The standard InChI is InChI=1S/C16H22N2/c1-3-4-5-6-8-14-10-11-17-16(14)15-9-7-12-18(2)13-15/h9-10H,3-5,7,11-13H2,1-2H3. The summed E-state index contributed by atoms with van der Waals surface area (Å²) >= 11 is 0. The first kappa shape index (κ1) is 13.1. The van der Waals surface area contributed by atoms with Gasteiger partial charge in [-0.15, -0.1) is 0 Å². The quantitative estimate of drug-likeness (QED) is 0.549. The number of aliphatic imine (C=N–C) groups is 1. The van der Waals surface area contributed by atoms with Gasteiger partial charge in [-0.05, 0) is 31.5 Å². The number of hydrogen-bond donors (Lipinski definition) is 0. The van der Waals surface area contributed by atoms with Crippen LogP contribution in [0.5, 0.6) is 0 Å². The van der Waals surface area contributed by atoms with Crippen molar-refractivity contribution in [3.63, 3.8) is 0 Å². The largest absolute Gasteiger partial charge is 0.302 e. The molecule has 0 fully saturated rings. The molecule has 2 heteroatoms. The van der Waals surface area contributed by atoms with E-state index in [2.05, 4.69) is 47.9 Å². The minimum absolute atomic E-state index is 0.800. The normalized spacial score (nSPS) is 19.8. The maximum Gasteiger partial charge on any atom is 0.0773 e. The Morgan fingerprint density at radius 2 is 2.28 bits per heavy atom. The van der Waals surface area contributed by atoms with Gasteiger partial charge in [0, 0.05) is 25.1 Å². The third-order valence-corrected chi connectivity index (χ3v) is 3.32. The Bertz CT molecular complexity index is 443. The van der Waals surface area contributed by atoms with Crippen molar-refractivity contribution in [2.45, 2.75) is 32.6 Å². The Hall–Kier alpha value is -1.33. The summed E-state index contributed by atoms with van der Waals surface area (Å²) in [4.78, 5) is 6.95. The smallest absolute Gasteiger partial charge is 0.0773 e. The summed E-state index contributed by atoms with van der Waals surface area (Å²) in [6, 6.07) is 0. The van der Waals surface area contributed by atoms with Gasteiger partial charge >= 0.3 is 0 Å². The predicted octanol–water partition coefficient (Wildman–Crippen LogP) is 2.82. The molecule has 2 rings (SSSR count). The van der Waals surface area contributed by atoms with Crippen LogP contribution in [-0.4, -0.2) is 37.3 Å². The minimum atomic E-state index is 0.800. The summed E-state index contributed by atoms with van der Waals surface area (Å²) < 4.78 is 0. The van der Waals surface area contributed by atoms with Crippen LogP contribution < -0.4 is 0 Å². The molecule has 2 nitrogen and oxygen atoms in total. The topological polar surface area (TPSA) is 15.6 Å². The first-order valence-corrected chi connectivity index (χ1v) is 6.93. The van der Waals surface area contributed by atoms with Crippen molar-refractivity contribution in [1.29, 1.82) is 0 Å². The van der Waals surface area contributed by atoms with E-state index in [4.69, 9.17) is 0 Å². The second-order valence-corrected chi connectivity index (χ2v) is 4.97. The van der Waals surface area contributed by atoms with Gasteiger partial charge in [-0.25, -0.2) is 0 Å². The van der Waals surface area contributed by atoms with Crippen LogP contribution in [0.2, 0.25) is 0 Å². The third-order valence-electron chi connectivity index (χ3n) is 3.32. The molecular formula is C16H22N2. The Labute approximate surface area is 110 Å². The summed E-state index contributed by atoms with van der Waals surface area (Å²) in [5, 5.41) is 0. The van der Waals surface area contributed by atoms with E-state index >= 15 is 0 Å². The molecule has 0 saturated carbocycles. The fourth-order valence-corrected chi connectivity index (χ4v) is 2.28. The van der Waals surface area contributed by atoms with E-state index < -0.39 is 0 Å². The van der Waals surface area contributed by atoms with E-state index in [0.29, 0.717) is 0 Å². The number of rotatable bonds is 3. The number of unbranched alkanes of at least 4 members (excludes halogenated alkanes) is 2. The van der Waals surface area contributed by atoms with E-state index in [1.807, 2.05) is 0 Å². The lowest BCUT2D eigenvalue weighted by Crippen LogP contribution is -2.28. The van der Waals surface area contributed by atoms with Crippen molar-refractivity contribution in [2.24, 2.45) is 4.99 Å². The van der Waals surface area contributed by atoms with Crippen LogP contribution in [0.1, 0.15) is 32.6 Å². The lowest BCUT2D eigenvalue weighted by molar-refractivity contribution is 0.360. The highest BCUT2D eigenvalue weighted by molar-refractivity contribution is 6.16. The molecule has 2 aliphatic rings. The highest BCUT2D eigenvalue weighted by Crippen LogP contribution is 2.18. The molecule has 0 unspecified atom stereocenters. The summed E-state index contributed by atoms with van der Waals surface area (Å²) in [5.74, 6) is 6.57. The highest BCUT2D eigenvalue weighted by atomic mass is 15.1. The van der Waals surface area contributed by atoms with Crippen molar-refractivity contribution in [3.05, 3.63) is 23.3 Å². The Balaban J connectivity index is 2.02. The second-order valence-electron chi connectivity index (χ2n) is 4.97. The number of hydrogen-bond acceptors (Lipinski definition) is 2. The Morgan fingerprint density at radius 3 is 3.06 bits per heavy atom. The van der Waals surface area contributed by atoms with Gasteiger partial charge in [0.25, 0.3) is 0 Å². The molecule has 0 atom stereocenters. The average molecular weight is 242 g/mol. The molecule has 96 valence electrons. The molecule has 2 heterocycles. The van der Waals surface area contributed by atoms with Crippen LogP contribution in [0, 0.1) is 11.8 Å². The van der Waals surface area contributed by atoms with Gasteiger partial charge in [0.1, 0.15) is 0 Å². The van der Waals surface area contributed by atoms with E-state index in [1.54, 1.807) is 0 Å². The summed E-state index contributed by atoms with van der Waals surface area (Å²) in [6.45, 7) is 5.16. The second kappa shape index (κ2) is 6.56. The average Bonchev–Trinajstić information content (AvgIpc) is 2.83. The van der Waals surface area contributed by atoms with Gasteiger partial charge in [-0.2, -0.15) is 0 Å². The highest BCUT2D eigenvalue weighted by Gasteiger charge is 2.18. The van der Waals surface area contributed by atoms with E-state index in [1.165, 1.54) is 18.4 Å². The molecule has 0 aliphatic carbocycles. The summed E-state index contributed by atoms with van der Waals surface area (Å²) in [5.41, 5.74) is 3.65. The molecule has 0 saturated heterocycles. The van der Waals surface area contributed by atoms with Crippen molar-refractivity contribution in [2.75, 3.05) is 26.7 Å². The van der Waals surface area contributed by atoms with Crippen LogP contribution >= 0.6 is 0 Å². The molecule has 0 radical (unpaired) electrons. The van der Waals surface area contributed by atoms with Gasteiger partial charge in [0.2, 0.25) is 0 Å². The molecule has 0 aromatic rings. The number of nitrogens with zero attached hydrogens (tertiary/aromatic N) is 2. The van der Waals surface area contributed by atoms with Crippen LogP contribution in [0.25, 0.3) is 0 Å². The zero-order valence-corrected chi connectivity index (χ0v) is 11.5. The maximum atomic E-state index is 4.60. The fourth-order valence-electron chi connectivity index (χ4n) is 2.28. The van der Waals surface area contributed by atoms with Crippen LogP contribution in [0.3, 0.4) is 0 Å². The molecule has 0 aromatic carbocycles. The van der Waals surface area contributed by atoms with Gasteiger partial charge in [-0.3, -0.25) is 4.99 Å². The van der Waals surface area contributed by atoms with E-state index in [-0.39, 0.29) is 0 Å². The Morgan fingerprint density at radius 1 is 1.39 bits per heavy atom. The minimum Gasteiger partial charge on any atom is -0.302 e. The molecule has 18 heavy (non-hydrogen) atoms. The van der Waals surface area contributed by atoms with Crippen molar-refractivity contribution >= 4 is 5.71 Å². The number of likely N-dealkylation sites (N-methyl/N-ethyl adjacent to an activating group) is 1.